The number of benzene rings is 1. The molecule has 0 saturated carbocycles. The molecule has 1 aliphatic rings. The quantitative estimate of drug-likeness (QED) is 0.662. The molecule has 0 unspecified atom stereocenters. The summed E-state index contributed by atoms with van der Waals surface area (Å²) in [4.78, 5) is 19.9. The van der Waals surface area contributed by atoms with Crippen molar-refractivity contribution in [1.29, 1.82) is 0 Å². The molecule has 3 rings (SSSR count). The maximum Gasteiger partial charge on any atom is 0.295 e. The Morgan fingerprint density at radius 1 is 1.40 bits per heavy atom. The first-order valence-corrected chi connectivity index (χ1v) is 8.62. The van der Waals surface area contributed by atoms with Gasteiger partial charge in [-0.15, -0.1) is 0 Å². The number of aromatic nitrogens is 1. The minimum Gasteiger partial charge on any atom is -0.395 e. The predicted molar refractivity (Wildman–Crippen MR) is 98.1 cm³/mol. The van der Waals surface area contributed by atoms with Gasteiger partial charge in [0.15, 0.2) is 5.52 Å². The van der Waals surface area contributed by atoms with Gasteiger partial charge in [-0.25, -0.2) is 4.98 Å². The lowest BCUT2D eigenvalue weighted by atomic mass is 10.0. The third-order valence-corrected chi connectivity index (χ3v) is 5.00. The maximum absolute atomic E-state index is 11.3. The topological polar surface area (TPSA) is 82.7 Å². The average molecular weight is 344 g/mol. The second-order valence-electron chi connectivity index (χ2n) is 6.64. The number of nitrogens with zero attached hydrogens (tertiary/aromatic N) is 4. The maximum atomic E-state index is 11.3. The predicted octanol–water partition coefficient (Wildman–Crippen LogP) is 2.34. The van der Waals surface area contributed by atoms with E-state index in [2.05, 4.69) is 14.8 Å². The summed E-state index contributed by atoms with van der Waals surface area (Å²) in [5.41, 5.74) is 2.33. The highest BCUT2D eigenvalue weighted by atomic mass is 16.6. The van der Waals surface area contributed by atoms with E-state index in [0.717, 1.165) is 42.7 Å². The monoisotopic (exact) mass is 344 g/mol. The molecule has 7 nitrogen and oxygen atoms in total. The number of piperidine rings is 1. The van der Waals surface area contributed by atoms with Gasteiger partial charge >= 0.3 is 0 Å². The van der Waals surface area contributed by atoms with Crippen molar-refractivity contribution in [2.45, 2.75) is 25.8 Å². The van der Waals surface area contributed by atoms with Gasteiger partial charge in [-0.1, -0.05) is 12.1 Å². The van der Waals surface area contributed by atoms with E-state index in [9.17, 15) is 10.1 Å². The zero-order chi connectivity index (χ0) is 18.0. The van der Waals surface area contributed by atoms with Crippen LogP contribution in [0.1, 0.15) is 18.5 Å². The van der Waals surface area contributed by atoms with Crippen molar-refractivity contribution in [3.63, 3.8) is 0 Å². The standard InChI is InChI=1S/C18H24N4O3/c1-13-12-17(15-4-3-5-16(22(24)25)18(15)19-13)21-8-6-14(7-9-21)20(2)10-11-23/h3-5,12,14,23H,6-11H2,1-2H3. The Hall–Kier alpha value is -2.25. The Balaban J connectivity index is 1.90. The molecule has 1 aromatic carbocycles. The zero-order valence-electron chi connectivity index (χ0n) is 14.7. The zero-order valence-corrected chi connectivity index (χ0v) is 14.7. The molecule has 0 bridgehead atoms. The fourth-order valence-electron chi connectivity index (χ4n) is 3.64. The van der Waals surface area contributed by atoms with Crippen LogP contribution < -0.4 is 4.90 Å². The summed E-state index contributed by atoms with van der Waals surface area (Å²) >= 11 is 0. The fraction of sp³-hybridized carbons (Fsp3) is 0.500. The van der Waals surface area contributed by atoms with Gasteiger partial charge in [0.1, 0.15) is 0 Å². The lowest BCUT2D eigenvalue weighted by molar-refractivity contribution is -0.383. The highest BCUT2D eigenvalue weighted by Gasteiger charge is 2.25. The average Bonchev–Trinajstić information content (AvgIpc) is 2.60. The smallest absolute Gasteiger partial charge is 0.295 e. The summed E-state index contributed by atoms with van der Waals surface area (Å²) in [6, 6.07) is 7.63. The number of nitro groups is 1. The SMILES string of the molecule is Cc1cc(N2CCC(N(C)CCO)CC2)c2cccc([N+](=O)[O-])c2n1. The van der Waals surface area contributed by atoms with E-state index in [4.69, 9.17) is 5.11 Å². The molecule has 0 radical (unpaired) electrons. The van der Waals surface area contributed by atoms with Gasteiger partial charge < -0.3 is 14.9 Å². The third-order valence-electron chi connectivity index (χ3n) is 5.00. The van der Waals surface area contributed by atoms with Crippen LogP contribution in [0.4, 0.5) is 11.4 Å². The number of aryl methyl sites for hydroxylation is 1. The normalized spacial score (nSPS) is 15.9. The number of non-ortho nitro benzene ring substituents is 1. The van der Waals surface area contributed by atoms with E-state index in [-0.39, 0.29) is 17.2 Å². The second-order valence-corrected chi connectivity index (χ2v) is 6.64. The van der Waals surface area contributed by atoms with Crippen LogP contribution in [-0.4, -0.2) is 59.2 Å². The number of aliphatic hydroxyl groups excluding tert-OH is 1. The van der Waals surface area contributed by atoms with E-state index in [1.807, 2.05) is 26.1 Å². The number of aliphatic hydroxyl groups is 1. The molecule has 2 heterocycles. The summed E-state index contributed by atoms with van der Waals surface area (Å²) in [5, 5.41) is 21.3. The number of para-hydroxylation sites is 1. The molecule has 0 amide bonds. The lowest BCUT2D eigenvalue weighted by Gasteiger charge is -2.38. The minimum absolute atomic E-state index is 0.0556. The summed E-state index contributed by atoms with van der Waals surface area (Å²) in [5.74, 6) is 0. The molecule has 1 aliphatic heterocycles. The number of rotatable bonds is 5. The summed E-state index contributed by atoms with van der Waals surface area (Å²) in [6.45, 7) is 4.52. The van der Waals surface area contributed by atoms with Crippen molar-refractivity contribution in [3.8, 4) is 0 Å². The van der Waals surface area contributed by atoms with Gasteiger partial charge in [0.05, 0.1) is 11.5 Å². The molecular weight excluding hydrogens is 320 g/mol. The highest BCUT2D eigenvalue weighted by Crippen LogP contribution is 2.33. The van der Waals surface area contributed by atoms with Crippen molar-refractivity contribution < 1.29 is 10.0 Å². The molecule has 0 spiro atoms. The molecule has 25 heavy (non-hydrogen) atoms. The van der Waals surface area contributed by atoms with Crippen molar-refractivity contribution in [3.05, 3.63) is 40.1 Å². The Kier molecular flexibility index (Phi) is 5.15. The van der Waals surface area contributed by atoms with E-state index in [1.165, 1.54) is 6.07 Å². The van der Waals surface area contributed by atoms with Crippen LogP contribution in [0.3, 0.4) is 0 Å². The van der Waals surface area contributed by atoms with Crippen LogP contribution in [0.2, 0.25) is 0 Å². The van der Waals surface area contributed by atoms with Gasteiger partial charge in [0.2, 0.25) is 0 Å². The Morgan fingerprint density at radius 3 is 2.76 bits per heavy atom. The molecule has 1 N–H and O–H groups in total. The van der Waals surface area contributed by atoms with Gasteiger partial charge in [-0.2, -0.15) is 0 Å². The van der Waals surface area contributed by atoms with Crippen molar-refractivity contribution >= 4 is 22.3 Å². The van der Waals surface area contributed by atoms with Crippen LogP contribution in [0.25, 0.3) is 10.9 Å². The number of hydrogen-bond donors (Lipinski definition) is 1. The number of likely N-dealkylation sites (N-methyl/N-ethyl adjacent to an activating group) is 1. The third kappa shape index (κ3) is 3.57. The molecule has 134 valence electrons. The van der Waals surface area contributed by atoms with Gasteiger partial charge in [-0.05, 0) is 32.9 Å². The number of hydrogen-bond acceptors (Lipinski definition) is 6. The first-order chi connectivity index (χ1) is 12.0. The van der Waals surface area contributed by atoms with Crippen molar-refractivity contribution in [2.75, 3.05) is 38.2 Å². The second kappa shape index (κ2) is 7.33. The Labute approximate surface area is 147 Å². The van der Waals surface area contributed by atoms with Gasteiger partial charge in [0, 0.05) is 48.5 Å². The molecule has 1 saturated heterocycles. The first kappa shape index (κ1) is 17.6. The number of anilines is 1. The molecule has 0 aliphatic carbocycles. The van der Waals surface area contributed by atoms with E-state index >= 15 is 0 Å². The molecule has 1 aromatic heterocycles. The Morgan fingerprint density at radius 2 is 2.12 bits per heavy atom. The molecular formula is C18H24N4O3. The van der Waals surface area contributed by atoms with E-state index < -0.39 is 0 Å². The van der Waals surface area contributed by atoms with Crippen molar-refractivity contribution in [2.24, 2.45) is 0 Å². The van der Waals surface area contributed by atoms with Crippen LogP contribution in [-0.2, 0) is 0 Å². The number of pyridine rings is 1. The van der Waals surface area contributed by atoms with Gasteiger partial charge in [-0.3, -0.25) is 10.1 Å². The molecule has 7 heteroatoms. The fourth-order valence-corrected chi connectivity index (χ4v) is 3.64. The Bertz CT molecular complexity index is 772. The van der Waals surface area contributed by atoms with Crippen LogP contribution in [0.5, 0.6) is 0 Å². The van der Waals surface area contributed by atoms with E-state index in [0.29, 0.717) is 18.1 Å². The summed E-state index contributed by atoms with van der Waals surface area (Å²) < 4.78 is 0. The first-order valence-electron chi connectivity index (χ1n) is 8.62. The highest BCUT2D eigenvalue weighted by molar-refractivity contribution is 5.97. The molecule has 0 atom stereocenters. The molecule has 1 fully saturated rings. The lowest BCUT2D eigenvalue weighted by Crippen LogP contribution is -2.44. The minimum atomic E-state index is -0.366. The number of fused-ring (bicyclic) bond motifs is 1. The largest absolute Gasteiger partial charge is 0.395 e. The number of nitro benzene ring substituents is 1. The molecule has 2 aromatic rings. The van der Waals surface area contributed by atoms with Gasteiger partial charge in [0.25, 0.3) is 5.69 Å². The van der Waals surface area contributed by atoms with Crippen LogP contribution >= 0.6 is 0 Å². The van der Waals surface area contributed by atoms with Crippen LogP contribution in [0, 0.1) is 17.0 Å². The van der Waals surface area contributed by atoms with Crippen molar-refractivity contribution in [1.82, 2.24) is 9.88 Å². The summed E-state index contributed by atoms with van der Waals surface area (Å²) in [6.07, 6.45) is 2.02. The summed E-state index contributed by atoms with van der Waals surface area (Å²) in [7, 11) is 2.05. The van der Waals surface area contributed by atoms with E-state index in [1.54, 1.807) is 6.07 Å². The van der Waals surface area contributed by atoms with Crippen LogP contribution in [0.15, 0.2) is 24.3 Å².